The first-order valence-electron chi connectivity index (χ1n) is 7.21. The van der Waals surface area contributed by atoms with Gasteiger partial charge in [-0.2, -0.15) is 8.78 Å². The van der Waals surface area contributed by atoms with Crippen molar-refractivity contribution in [3.8, 4) is 0 Å². The van der Waals surface area contributed by atoms with Crippen LogP contribution in [-0.2, 0) is 9.59 Å². The van der Waals surface area contributed by atoms with Gasteiger partial charge in [0.25, 0.3) is 0 Å². The third kappa shape index (κ3) is 4.38. The van der Waals surface area contributed by atoms with E-state index in [1.807, 2.05) is 0 Å². The van der Waals surface area contributed by atoms with Crippen LogP contribution in [-0.4, -0.2) is 27.7 Å². The SMILES string of the molecule is O=C(/C=C(\O)c1ccccc1)C(F)(F)C(=O)/C=C(/O)c1ccccc1. The molecule has 6 heteroatoms. The van der Waals surface area contributed by atoms with Crippen molar-refractivity contribution in [3.05, 3.63) is 83.9 Å². The summed E-state index contributed by atoms with van der Waals surface area (Å²) in [6, 6.07) is 15.2. The fourth-order valence-corrected chi connectivity index (χ4v) is 1.94. The molecule has 2 aromatic rings. The first-order valence-corrected chi connectivity index (χ1v) is 7.21. The Labute approximate surface area is 142 Å². The van der Waals surface area contributed by atoms with Gasteiger partial charge in [0.1, 0.15) is 11.5 Å². The lowest BCUT2D eigenvalue weighted by Gasteiger charge is -2.10. The van der Waals surface area contributed by atoms with Gasteiger partial charge in [-0.05, 0) is 0 Å². The molecule has 0 aliphatic rings. The largest absolute Gasteiger partial charge is 0.507 e. The molecule has 0 heterocycles. The van der Waals surface area contributed by atoms with E-state index >= 15 is 0 Å². The first-order chi connectivity index (χ1) is 11.8. The quantitative estimate of drug-likeness (QED) is 0.473. The van der Waals surface area contributed by atoms with Crippen LogP contribution in [0.1, 0.15) is 11.1 Å². The van der Waals surface area contributed by atoms with Crippen molar-refractivity contribution in [2.75, 3.05) is 0 Å². The van der Waals surface area contributed by atoms with E-state index in [1.54, 1.807) is 36.4 Å². The lowest BCUT2D eigenvalue weighted by molar-refractivity contribution is -0.150. The predicted molar refractivity (Wildman–Crippen MR) is 89.1 cm³/mol. The zero-order valence-electron chi connectivity index (χ0n) is 12.9. The zero-order chi connectivity index (χ0) is 18.4. The highest BCUT2D eigenvalue weighted by Crippen LogP contribution is 2.22. The first kappa shape index (κ1) is 18.1. The maximum absolute atomic E-state index is 14.0. The summed E-state index contributed by atoms with van der Waals surface area (Å²) in [6.45, 7) is 0. The highest BCUT2D eigenvalue weighted by molar-refractivity contribution is 6.19. The Morgan fingerprint density at radius 1 is 0.720 bits per heavy atom. The average molecular weight is 344 g/mol. The number of halogens is 2. The Morgan fingerprint density at radius 2 is 1.04 bits per heavy atom. The molecule has 0 radical (unpaired) electrons. The van der Waals surface area contributed by atoms with E-state index in [0.29, 0.717) is 12.2 Å². The number of benzene rings is 2. The van der Waals surface area contributed by atoms with Gasteiger partial charge in [-0.3, -0.25) is 9.59 Å². The molecule has 4 nitrogen and oxygen atoms in total. The third-order valence-corrected chi connectivity index (χ3v) is 3.29. The van der Waals surface area contributed by atoms with Gasteiger partial charge in [-0.15, -0.1) is 0 Å². The molecule has 2 aromatic carbocycles. The molecule has 0 aliphatic heterocycles. The van der Waals surface area contributed by atoms with Crippen LogP contribution in [0.2, 0.25) is 0 Å². The highest BCUT2D eigenvalue weighted by atomic mass is 19.3. The van der Waals surface area contributed by atoms with Crippen molar-refractivity contribution >= 4 is 23.1 Å². The minimum Gasteiger partial charge on any atom is -0.507 e. The summed E-state index contributed by atoms with van der Waals surface area (Å²) in [4.78, 5) is 23.4. The van der Waals surface area contributed by atoms with Crippen molar-refractivity contribution < 1.29 is 28.6 Å². The predicted octanol–water partition coefficient (Wildman–Crippen LogP) is 3.96. The van der Waals surface area contributed by atoms with Crippen LogP contribution >= 0.6 is 0 Å². The molecule has 0 fully saturated rings. The fraction of sp³-hybridized carbons (Fsp3) is 0.0526. The number of carbonyl (C=O) groups excluding carboxylic acids is 2. The molecule has 0 atom stereocenters. The smallest absolute Gasteiger partial charge is 0.370 e. The molecule has 25 heavy (non-hydrogen) atoms. The number of allylic oxidation sites excluding steroid dienone is 2. The summed E-state index contributed by atoms with van der Waals surface area (Å²) in [5, 5.41) is 19.5. The molecule has 0 saturated heterocycles. The van der Waals surface area contributed by atoms with Crippen LogP contribution in [0.25, 0.3) is 11.5 Å². The van der Waals surface area contributed by atoms with Gasteiger partial charge in [0.15, 0.2) is 0 Å². The second-order valence-electron chi connectivity index (χ2n) is 5.09. The lowest BCUT2D eigenvalue weighted by Crippen LogP contribution is -2.36. The molecule has 2 rings (SSSR count). The molecular formula is C19H14F2O4. The molecule has 0 aliphatic carbocycles. The number of rotatable bonds is 6. The maximum Gasteiger partial charge on any atom is 0.370 e. The van der Waals surface area contributed by atoms with Crippen LogP contribution in [0.15, 0.2) is 72.8 Å². The Hall–Kier alpha value is -3.28. The molecule has 0 saturated carbocycles. The van der Waals surface area contributed by atoms with Gasteiger partial charge in [0.2, 0.25) is 11.6 Å². The minimum atomic E-state index is -4.41. The number of ketones is 2. The van der Waals surface area contributed by atoms with Crippen molar-refractivity contribution in [2.45, 2.75) is 5.92 Å². The van der Waals surface area contributed by atoms with Gasteiger partial charge in [0.05, 0.1) is 0 Å². The van der Waals surface area contributed by atoms with E-state index in [2.05, 4.69) is 0 Å². The molecule has 128 valence electrons. The van der Waals surface area contributed by atoms with Crippen LogP contribution in [0.4, 0.5) is 8.78 Å². The van der Waals surface area contributed by atoms with Gasteiger partial charge >= 0.3 is 5.92 Å². The normalized spacial score (nSPS) is 12.7. The van der Waals surface area contributed by atoms with E-state index in [1.165, 1.54) is 24.3 Å². The molecule has 2 N–H and O–H groups in total. The Balaban J connectivity index is 2.22. The van der Waals surface area contributed by atoms with Gasteiger partial charge in [0, 0.05) is 23.3 Å². The number of hydrogen-bond donors (Lipinski definition) is 2. The summed E-state index contributed by atoms with van der Waals surface area (Å²) >= 11 is 0. The summed E-state index contributed by atoms with van der Waals surface area (Å²) < 4.78 is 27.9. The Morgan fingerprint density at radius 3 is 1.36 bits per heavy atom. The Kier molecular flexibility index (Phi) is 5.44. The zero-order valence-corrected chi connectivity index (χ0v) is 12.9. The van der Waals surface area contributed by atoms with E-state index in [0.717, 1.165) is 0 Å². The molecule has 0 unspecified atom stereocenters. The summed E-state index contributed by atoms with van der Waals surface area (Å²) in [7, 11) is 0. The molecule has 0 amide bonds. The second kappa shape index (κ2) is 7.53. The molecule has 0 spiro atoms. The number of carbonyl (C=O) groups is 2. The highest BCUT2D eigenvalue weighted by Gasteiger charge is 2.44. The van der Waals surface area contributed by atoms with E-state index in [4.69, 9.17) is 0 Å². The molecule has 0 aromatic heterocycles. The summed E-state index contributed by atoms with van der Waals surface area (Å²) in [5.74, 6) is -9.54. The van der Waals surface area contributed by atoms with Gasteiger partial charge in [-0.1, -0.05) is 60.7 Å². The Bertz CT molecular complexity index is 756. The third-order valence-electron chi connectivity index (χ3n) is 3.29. The van der Waals surface area contributed by atoms with E-state index < -0.39 is 29.0 Å². The van der Waals surface area contributed by atoms with Crippen molar-refractivity contribution in [1.82, 2.24) is 0 Å². The van der Waals surface area contributed by atoms with E-state index in [9.17, 15) is 28.6 Å². The number of hydrogen-bond acceptors (Lipinski definition) is 4. The average Bonchev–Trinajstić information content (AvgIpc) is 2.62. The van der Waals surface area contributed by atoms with Crippen LogP contribution in [0.3, 0.4) is 0 Å². The number of alkyl halides is 2. The van der Waals surface area contributed by atoms with Crippen molar-refractivity contribution in [1.29, 1.82) is 0 Å². The topological polar surface area (TPSA) is 74.6 Å². The van der Waals surface area contributed by atoms with E-state index in [-0.39, 0.29) is 11.1 Å². The maximum atomic E-state index is 14.0. The van der Waals surface area contributed by atoms with Crippen LogP contribution < -0.4 is 0 Å². The van der Waals surface area contributed by atoms with Crippen molar-refractivity contribution in [3.63, 3.8) is 0 Å². The van der Waals surface area contributed by atoms with Crippen LogP contribution in [0, 0.1) is 0 Å². The van der Waals surface area contributed by atoms with Gasteiger partial charge in [-0.25, -0.2) is 0 Å². The molecule has 0 bridgehead atoms. The lowest BCUT2D eigenvalue weighted by atomic mass is 10.0. The number of aliphatic hydroxyl groups is 2. The number of aliphatic hydroxyl groups excluding tert-OH is 2. The standard InChI is InChI=1S/C19H14F2O4/c20-19(21,17(24)11-15(22)13-7-3-1-4-8-13)18(25)12-16(23)14-9-5-2-6-10-14/h1-12,22-23H/b15-11-,16-12+. The van der Waals surface area contributed by atoms with Crippen molar-refractivity contribution in [2.24, 2.45) is 0 Å². The summed E-state index contributed by atoms with van der Waals surface area (Å²) in [6.07, 6.45) is 0.585. The fourth-order valence-electron chi connectivity index (χ4n) is 1.94. The minimum absolute atomic E-state index is 0.154. The van der Waals surface area contributed by atoms with Gasteiger partial charge < -0.3 is 10.2 Å². The monoisotopic (exact) mass is 344 g/mol. The van der Waals surface area contributed by atoms with Crippen LogP contribution in [0.5, 0.6) is 0 Å². The second-order valence-corrected chi connectivity index (χ2v) is 5.09. The summed E-state index contributed by atoms with van der Waals surface area (Å²) in [5.41, 5.74) is 0.309. The molecular weight excluding hydrogens is 330 g/mol.